The maximum Gasteiger partial charge on any atom is 0.252 e. The zero-order valence-electron chi connectivity index (χ0n) is 11.7. The lowest BCUT2D eigenvalue weighted by molar-refractivity contribution is 0.0927. The van der Waals surface area contributed by atoms with Gasteiger partial charge in [0.05, 0.1) is 11.1 Å². The van der Waals surface area contributed by atoms with Crippen LogP contribution in [-0.2, 0) is 0 Å². The van der Waals surface area contributed by atoms with Crippen LogP contribution in [0, 0.1) is 0 Å². The van der Waals surface area contributed by atoms with Gasteiger partial charge in [-0.1, -0.05) is 29.8 Å². The lowest BCUT2D eigenvalue weighted by atomic mass is 9.91. The molecule has 0 bridgehead atoms. The van der Waals surface area contributed by atoms with Crippen LogP contribution in [0.1, 0.15) is 36.0 Å². The minimum Gasteiger partial charge on any atom is -0.349 e. The number of carbonyl (C=O) groups is 1. The normalized spacial score (nSPS) is 22.2. The van der Waals surface area contributed by atoms with Gasteiger partial charge in [0.1, 0.15) is 5.15 Å². The fourth-order valence-electron chi connectivity index (χ4n) is 2.86. The molecular formula is C16H18ClN3O. The number of fused-ring (bicyclic) bond motifs is 1. The third kappa shape index (κ3) is 3.17. The van der Waals surface area contributed by atoms with Gasteiger partial charge in [-0.2, -0.15) is 0 Å². The highest BCUT2D eigenvalue weighted by Gasteiger charge is 2.21. The van der Waals surface area contributed by atoms with E-state index in [2.05, 4.69) is 10.3 Å². The molecule has 0 saturated heterocycles. The van der Waals surface area contributed by atoms with Crippen molar-refractivity contribution in [1.82, 2.24) is 10.3 Å². The maximum absolute atomic E-state index is 12.5. The second-order valence-electron chi connectivity index (χ2n) is 5.59. The van der Waals surface area contributed by atoms with E-state index in [1.807, 2.05) is 24.3 Å². The first-order valence-corrected chi connectivity index (χ1v) is 7.63. The number of rotatable bonds is 2. The van der Waals surface area contributed by atoms with Crippen LogP contribution in [0.2, 0.25) is 5.15 Å². The average molecular weight is 304 g/mol. The first-order chi connectivity index (χ1) is 10.1. The zero-order valence-corrected chi connectivity index (χ0v) is 12.4. The maximum atomic E-state index is 12.5. The van der Waals surface area contributed by atoms with Crippen molar-refractivity contribution in [1.29, 1.82) is 0 Å². The molecule has 0 radical (unpaired) electrons. The van der Waals surface area contributed by atoms with Gasteiger partial charge in [-0.25, -0.2) is 4.98 Å². The molecule has 1 heterocycles. The van der Waals surface area contributed by atoms with Crippen molar-refractivity contribution in [2.24, 2.45) is 5.73 Å². The van der Waals surface area contributed by atoms with Crippen LogP contribution >= 0.6 is 11.6 Å². The Morgan fingerprint density at radius 1 is 1.24 bits per heavy atom. The molecule has 1 aromatic heterocycles. The fraction of sp³-hybridized carbons (Fsp3) is 0.375. The molecule has 21 heavy (non-hydrogen) atoms. The van der Waals surface area contributed by atoms with Crippen LogP contribution in [-0.4, -0.2) is 23.0 Å². The summed E-state index contributed by atoms with van der Waals surface area (Å²) in [6, 6.07) is 9.64. The van der Waals surface area contributed by atoms with Gasteiger partial charge in [-0.3, -0.25) is 4.79 Å². The van der Waals surface area contributed by atoms with Crippen LogP contribution in [0.15, 0.2) is 30.3 Å². The van der Waals surface area contributed by atoms with Crippen molar-refractivity contribution >= 4 is 28.4 Å². The molecule has 0 spiro atoms. The second-order valence-corrected chi connectivity index (χ2v) is 5.98. The number of carbonyl (C=O) groups excluding carboxylic acids is 1. The van der Waals surface area contributed by atoms with Crippen LogP contribution in [0.3, 0.4) is 0 Å². The Morgan fingerprint density at radius 3 is 2.71 bits per heavy atom. The summed E-state index contributed by atoms with van der Waals surface area (Å²) in [5.74, 6) is -0.0871. The number of aromatic nitrogens is 1. The number of hydrogen-bond donors (Lipinski definition) is 2. The Morgan fingerprint density at radius 2 is 1.95 bits per heavy atom. The van der Waals surface area contributed by atoms with E-state index in [1.54, 1.807) is 6.07 Å². The molecule has 4 nitrogen and oxygen atoms in total. The second kappa shape index (κ2) is 6.00. The standard InChI is InChI=1S/C16H18ClN3O/c17-15-9-13(12-3-1-2-4-14(12)20-15)16(21)19-11-7-5-10(18)6-8-11/h1-4,9-11H,5-8,18H2,(H,19,21). The van der Waals surface area contributed by atoms with E-state index in [-0.39, 0.29) is 18.0 Å². The molecule has 1 saturated carbocycles. The van der Waals surface area contributed by atoms with Crippen LogP contribution in [0.25, 0.3) is 10.9 Å². The SMILES string of the molecule is NC1CCC(NC(=O)c2cc(Cl)nc3ccccc23)CC1. The predicted molar refractivity (Wildman–Crippen MR) is 84.5 cm³/mol. The Kier molecular flexibility index (Phi) is 4.08. The third-order valence-corrected chi connectivity index (χ3v) is 4.23. The van der Waals surface area contributed by atoms with E-state index in [9.17, 15) is 4.79 Å². The van der Waals surface area contributed by atoms with Gasteiger partial charge < -0.3 is 11.1 Å². The van der Waals surface area contributed by atoms with Gasteiger partial charge >= 0.3 is 0 Å². The van der Waals surface area contributed by atoms with Crippen molar-refractivity contribution in [3.63, 3.8) is 0 Å². The smallest absolute Gasteiger partial charge is 0.252 e. The molecule has 110 valence electrons. The van der Waals surface area contributed by atoms with Crippen molar-refractivity contribution in [3.05, 3.63) is 41.0 Å². The number of nitrogens with two attached hydrogens (primary N) is 1. The largest absolute Gasteiger partial charge is 0.349 e. The van der Waals surface area contributed by atoms with Crippen LogP contribution in [0.5, 0.6) is 0 Å². The van der Waals surface area contributed by atoms with Crippen LogP contribution in [0.4, 0.5) is 0 Å². The van der Waals surface area contributed by atoms with E-state index < -0.39 is 0 Å². The fourth-order valence-corrected chi connectivity index (χ4v) is 3.06. The summed E-state index contributed by atoms with van der Waals surface area (Å²) in [5.41, 5.74) is 7.22. The van der Waals surface area contributed by atoms with Gasteiger partial charge in [0.2, 0.25) is 0 Å². The van der Waals surface area contributed by atoms with E-state index in [4.69, 9.17) is 17.3 Å². The van der Waals surface area contributed by atoms with Crippen molar-refractivity contribution < 1.29 is 4.79 Å². The molecule has 1 aliphatic carbocycles. The first kappa shape index (κ1) is 14.3. The Bertz CT molecular complexity index is 666. The van der Waals surface area contributed by atoms with Gasteiger partial charge in [0.25, 0.3) is 5.91 Å². The highest BCUT2D eigenvalue weighted by Crippen LogP contribution is 2.22. The molecule has 1 aromatic carbocycles. The minimum absolute atomic E-state index is 0.0871. The summed E-state index contributed by atoms with van der Waals surface area (Å²) in [6.45, 7) is 0. The number of benzene rings is 1. The van der Waals surface area contributed by atoms with E-state index in [0.717, 1.165) is 36.6 Å². The van der Waals surface area contributed by atoms with Gasteiger partial charge in [-0.15, -0.1) is 0 Å². The molecule has 1 fully saturated rings. The number of amides is 1. The highest BCUT2D eigenvalue weighted by molar-refractivity contribution is 6.30. The Hall–Kier alpha value is -1.65. The molecular weight excluding hydrogens is 286 g/mol. The topological polar surface area (TPSA) is 68.0 Å². The molecule has 5 heteroatoms. The van der Waals surface area contributed by atoms with E-state index in [1.165, 1.54) is 0 Å². The lowest BCUT2D eigenvalue weighted by Gasteiger charge is -2.27. The van der Waals surface area contributed by atoms with E-state index in [0.29, 0.717) is 10.7 Å². The summed E-state index contributed by atoms with van der Waals surface area (Å²) in [4.78, 5) is 16.8. The summed E-state index contributed by atoms with van der Waals surface area (Å²) >= 11 is 6.02. The number of para-hydroxylation sites is 1. The first-order valence-electron chi connectivity index (χ1n) is 7.25. The number of nitrogens with zero attached hydrogens (tertiary/aromatic N) is 1. The van der Waals surface area contributed by atoms with Gasteiger partial charge in [0, 0.05) is 17.5 Å². The minimum atomic E-state index is -0.0871. The van der Waals surface area contributed by atoms with Crippen molar-refractivity contribution in [2.45, 2.75) is 37.8 Å². The highest BCUT2D eigenvalue weighted by atomic mass is 35.5. The third-order valence-electron chi connectivity index (χ3n) is 4.04. The number of halogens is 1. The quantitative estimate of drug-likeness (QED) is 0.838. The molecule has 1 aliphatic rings. The molecule has 0 atom stereocenters. The summed E-state index contributed by atoms with van der Waals surface area (Å²) in [7, 11) is 0. The van der Waals surface area contributed by atoms with Crippen molar-refractivity contribution in [3.8, 4) is 0 Å². The Balaban J connectivity index is 1.84. The molecule has 1 amide bonds. The molecule has 0 unspecified atom stereocenters. The molecule has 2 aromatic rings. The number of nitrogens with one attached hydrogen (secondary N) is 1. The molecule has 3 rings (SSSR count). The summed E-state index contributed by atoms with van der Waals surface area (Å²) in [6.07, 6.45) is 3.79. The van der Waals surface area contributed by atoms with Gasteiger partial charge in [0.15, 0.2) is 0 Å². The predicted octanol–water partition coefficient (Wildman–Crippen LogP) is 2.89. The monoisotopic (exact) mass is 303 g/mol. The number of hydrogen-bond acceptors (Lipinski definition) is 3. The molecule has 3 N–H and O–H groups in total. The summed E-state index contributed by atoms with van der Waals surface area (Å²) in [5, 5.41) is 4.26. The Labute approximate surface area is 128 Å². The molecule has 0 aliphatic heterocycles. The average Bonchev–Trinajstić information content (AvgIpc) is 2.48. The van der Waals surface area contributed by atoms with E-state index >= 15 is 0 Å². The van der Waals surface area contributed by atoms with Gasteiger partial charge in [-0.05, 0) is 37.8 Å². The van der Waals surface area contributed by atoms with Crippen LogP contribution < -0.4 is 11.1 Å². The van der Waals surface area contributed by atoms with Crippen molar-refractivity contribution in [2.75, 3.05) is 0 Å². The summed E-state index contributed by atoms with van der Waals surface area (Å²) < 4.78 is 0. The zero-order chi connectivity index (χ0) is 14.8. The number of pyridine rings is 1. The lowest BCUT2D eigenvalue weighted by Crippen LogP contribution is -2.40.